The van der Waals surface area contributed by atoms with Crippen molar-refractivity contribution >= 4 is 21.4 Å². The molecule has 0 aliphatic carbocycles. The van der Waals surface area contributed by atoms with Crippen LogP contribution in [0.1, 0.15) is 10.4 Å². The molecular formula is C14H14F3NOS. The Bertz CT molecular complexity index is 635. The van der Waals surface area contributed by atoms with Gasteiger partial charge >= 0.3 is 6.36 Å². The van der Waals surface area contributed by atoms with Crippen LogP contribution in [0, 0.1) is 0 Å². The van der Waals surface area contributed by atoms with E-state index in [1.165, 1.54) is 22.6 Å². The summed E-state index contributed by atoms with van der Waals surface area (Å²) < 4.78 is 41.6. The summed E-state index contributed by atoms with van der Waals surface area (Å²) in [5.41, 5.74) is 1.29. The van der Waals surface area contributed by atoms with Crippen molar-refractivity contribution in [2.24, 2.45) is 0 Å². The SMILES string of the molecule is CN1CCc2sc3cc(OC(F)(F)F)ccc3c2CC1. The molecule has 108 valence electrons. The third-order valence-electron chi connectivity index (χ3n) is 3.55. The Balaban J connectivity index is 1.97. The second-order valence-corrected chi connectivity index (χ2v) is 6.15. The number of rotatable bonds is 1. The summed E-state index contributed by atoms with van der Waals surface area (Å²) in [5, 5.41) is 1.06. The van der Waals surface area contributed by atoms with E-state index in [1.54, 1.807) is 17.4 Å². The van der Waals surface area contributed by atoms with Crippen LogP contribution in [0.3, 0.4) is 0 Å². The standard InChI is InChI=1S/C14H14F3NOS/c1-18-6-4-11-10-3-2-9(19-14(15,16)17)8-13(10)20-12(11)5-7-18/h2-3,8H,4-7H2,1H3. The molecule has 1 aliphatic rings. The lowest BCUT2D eigenvalue weighted by atomic mass is 10.1. The van der Waals surface area contributed by atoms with Crippen molar-refractivity contribution in [2.45, 2.75) is 19.2 Å². The molecule has 0 spiro atoms. The Morgan fingerprint density at radius 3 is 2.70 bits per heavy atom. The molecular weight excluding hydrogens is 287 g/mol. The van der Waals surface area contributed by atoms with Gasteiger partial charge in [0.15, 0.2) is 0 Å². The highest BCUT2D eigenvalue weighted by Crippen LogP contribution is 2.36. The number of likely N-dealkylation sites (N-methyl/N-ethyl adjacent to an activating group) is 1. The quantitative estimate of drug-likeness (QED) is 0.794. The van der Waals surface area contributed by atoms with E-state index in [9.17, 15) is 13.2 Å². The molecule has 0 bridgehead atoms. The van der Waals surface area contributed by atoms with E-state index in [2.05, 4.69) is 16.7 Å². The van der Waals surface area contributed by atoms with Crippen molar-refractivity contribution < 1.29 is 17.9 Å². The molecule has 2 heterocycles. The number of nitrogens with zero attached hydrogens (tertiary/aromatic N) is 1. The van der Waals surface area contributed by atoms with Gasteiger partial charge in [-0.1, -0.05) is 0 Å². The molecule has 0 amide bonds. The maximum Gasteiger partial charge on any atom is 0.573 e. The van der Waals surface area contributed by atoms with Crippen LogP contribution in [-0.2, 0) is 12.8 Å². The Hall–Kier alpha value is -1.27. The van der Waals surface area contributed by atoms with Crippen LogP contribution in [0.25, 0.3) is 10.1 Å². The Morgan fingerprint density at radius 2 is 1.95 bits per heavy atom. The monoisotopic (exact) mass is 301 g/mol. The minimum atomic E-state index is -4.63. The molecule has 2 aromatic rings. The number of benzene rings is 1. The molecule has 3 rings (SSSR count). The summed E-state index contributed by atoms with van der Waals surface area (Å²) in [6, 6.07) is 4.64. The van der Waals surface area contributed by atoms with Crippen molar-refractivity contribution in [1.82, 2.24) is 4.90 Å². The number of halogens is 3. The zero-order chi connectivity index (χ0) is 14.3. The highest BCUT2D eigenvalue weighted by molar-refractivity contribution is 7.19. The number of ether oxygens (including phenoxy) is 1. The van der Waals surface area contributed by atoms with Crippen molar-refractivity contribution in [1.29, 1.82) is 0 Å². The molecule has 20 heavy (non-hydrogen) atoms. The second-order valence-electron chi connectivity index (χ2n) is 5.01. The minimum absolute atomic E-state index is 0.140. The van der Waals surface area contributed by atoms with E-state index in [0.29, 0.717) is 0 Å². The number of fused-ring (bicyclic) bond motifs is 3. The van der Waals surface area contributed by atoms with Gasteiger partial charge in [-0.15, -0.1) is 24.5 Å². The Labute approximate surface area is 118 Å². The fourth-order valence-corrected chi connectivity index (χ4v) is 3.83. The van der Waals surface area contributed by atoms with E-state index in [1.807, 2.05) is 0 Å². The molecule has 1 aromatic carbocycles. The van der Waals surface area contributed by atoms with Gasteiger partial charge in [0.1, 0.15) is 5.75 Å². The van der Waals surface area contributed by atoms with Crippen LogP contribution in [-0.4, -0.2) is 31.4 Å². The molecule has 0 radical (unpaired) electrons. The normalized spacial score (nSPS) is 17.0. The Morgan fingerprint density at radius 1 is 1.20 bits per heavy atom. The van der Waals surface area contributed by atoms with Gasteiger partial charge in [0.25, 0.3) is 0 Å². The van der Waals surface area contributed by atoms with Gasteiger partial charge in [0.2, 0.25) is 0 Å². The fourth-order valence-electron chi connectivity index (χ4n) is 2.56. The van der Waals surface area contributed by atoms with Crippen LogP contribution in [0.4, 0.5) is 13.2 Å². The summed E-state index contributed by atoms with van der Waals surface area (Å²) >= 11 is 1.58. The fraction of sp³-hybridized carbons (Fsp3) is 0.429. The molecule has 0 atom stereocenters. The zero-order valence-corrected chi connectivity index (χ0v) is 11.8. The van der Waals surface area contributed by atoms with Gasteiger partial charge in [0, 0.05) is 22.7 Å². The van der Waals surface area contributed by atoms with Crippen molar-refractivity contribution in [3.05, 3.63) is 28.6 Å². The van der Waals surface area contributed by atoms with Crippen molar-refractivity contribution in [2.75, 3.05) is 20.1 Å². The van der Waals surface area contributed by atoms with Crippen LogP contribution >= 0.6 is 11.3 Å². The average molecular weight is 301 g/mol. The Kier molecular flexibility index (Phi) is 3.38. The summed E-state index contributed by atoms with van der Waals surface area (Å²) in [6.07, 6.45) is -2.73. The van der Waals surface area contributed by atoms with Gasteiger partial charge in [-0.05, 0) is 49.0 Å². The third kappa shape index (κ3) is 2.76. The molecule has 0 unspecified atom stereocenters. The summed E-state index contributed by atoms with van der Waals surface area (Å²) in [4.78, 5) is 3.56. The van der Waals surface area contributed by atoms with E-state index in [-0.39, 0.29) is 5.75 Å². The van der Waals surface area contributed by atoms with Crippen LogP contribution in [0.15, 0.2) is 18.2 Å². The second kappa shape index (κ2) is 4.93. The first-order chi connectivity index (χ1) is 9.42. The number of hydrogen-bond acceptors (Lipinski definition) is 3. The van der Waals surface area contributed by atoms with Gasteiger partial charge in [-0.25, -0.2) is 0 Å². The zero-order valence-electron chi connectivity index (χ0n) is 11.0. The van der Waals surface area contributed by atoms with E-state index in [4.69, 9.17) is 0 Å². The maximum atomic E-state index is 12.2. The van der Waals surface area contributed by atoms with Crippen LogP contribution in [0.2, 0.25) is 0 Å². The minimum Gasteiger partial charge on any atom is -0.406 e. The predicted octanol–water partition coefficient (Wildman–Crippen LogP) is 3.83. The van der Waals surface area contributed by atoms with Crippen LogP contribution in [0.5, 0.6) is 5.75 Å². The van der Waals surface area contributed by atoms with Crippen molar-refractivity contribution in [3.63, 3.8) is 0 Å². The summed E-state index contributed by atoms with van der Waals surface area (Å²) in [7, 11) is 2.09. The molecule has 0 saturated carbocycles. The van der Waals surface area contributed by atoms with Gasteiger partial charge in [0.05, 0.1) is 0 Å². The lowest BCUT2D eigenvalue weighted by molar-refractivity contribution is -0.274. The summed E-state index contributed by atoms with van der Waals surface area (Å²) in [6.45, 7) is 1.98. The molecule has 1 aromatic heterocycles. The first-order valence-corrected chi connectivity index (χ1v) is 7.22. The molecule has 2 nitrogen and oxygen atoms in total. The van der Waals surface area contributed by atoms with E-state index in [0.717, 1.165) is 36.0 Å². The smallest absolute Gasteiger partial charge is 0.406 e. The lowest BCUT2D eigenvalue weighted by Gasteiger charge is -2.11. The number of thiophene rings is 1. The molecule has 0 N–H and O–H groups in total. The van der Waals surface area contributed by atoms with Crippen LogP contribution < -0.4 is 4.74 Å². The van der Waals surface area contributed by atoms with Gasteiger partial charge in [-0.3, -0.25) is 0 Å². The lowest BCUT2D eigenvalue weighted by Crippen LogP contribution is -2.20. The third-order valence-corrected chi connectivity index (χ3v) is 4.80. The van der Waals surface area contributed by atoms with E-state index < -0.39 is 6.36 Å². The average Bonchev–Trinajstić information content (AvgIpc) is 2.58. The molecule has 6 heteroatoms. The highest BCUT2D eigenvalue weighted by Gasteiger charge is 2.31. The predicted molar refractivity (Wildman–Crippen MR) is 73.4 cm³/mol. The maximum absolute atomic E-state index is 12.2. The first kappa shape index (κ1) is 13.7. The molecule has 0 fully saturated rings. The highest BCUT2D eigenvalue weighted by atomic mass is 32.1. The molecule has 0 saturated heterocycles. The van der Waals surface area contributed by atoms with Gasteiger partial charge in [-0.2, -0.15) is 0 Å². The number of alkyl halides is 3. The summed E-state index contributed by atoms with van der Waals surface area (Å²) in [5.74, 6) is -0.140. The van der Waals surface area contributed by atoms with E-state index >= 15 is 0 Å². The topological polar surface area (TPSA) is 12.5 Å². The number of hydrogen-bond donors (Lipinski definition) is 0. The first-order valence-electron chi connectivity index (χ1n) is 6.41. The van der Waals surface area contributed by atoms with Gasteiger partial charge < -0.3 is 9.64 Å². The van der Waals surface area contributed by atoms with Crippen molar-refractivity contribution in [3.8, 4) is 5.75 Å². The molecule has 1 aliphatic heterocycles. The largest absolute Gasteiger partial charge is 0.573 e.